The minimum absolute atomic E-state index is 0.0304. The number of allylic oxidation sites excluding steroid dienone is 5. The van der Waals surface area contributed by atoms with Gasteiger partial charge in [-0.1, -0.05) is 38.0 Å². The molecule has 0 aliphatic carbocycles. The first-order valence-corrected chi connectivity index (χ1v) is 10.5. The van der Waals surface area contributed by atoms with Gasteiger partial charge >= 0.3 is 6.09 Å². The number of nitrogens with two attached hydrogens (primary N) is 1. The molecule has 0 heterocycles. The topological polar surface area (TPSA) is 123 Å². The van der Waals surface area contributed by atoms with Crippen molar-refractivity contribution in [1.82, 2.24) is 5.32 Å². The maximum absolute atomic E-state index is 12.7. The zero-order valence-corrected chi connectivity index (χ0v) is 20.1. The fourth-order valence-corrected chi connectivity index (χ4v) is 2.53. The summed E-state index contributed by atoms with van der Waals surface area (Å²) in [4.78, 5) is 40.1. The Bertz CT molecular complexity index is 1060. The second-order valence-corrected chi connectivity index (χ2v) is 8.10. The van der Waals surface area contributed by atoms with E-state index in [2.05, 4.69) is 35.4 Å². The van der Waals surface area contributed by atoms with Gasteiger partial charge in [0, 0.05) is 16.8 Å². The summed E-state index contributed by atoms with van der Waals surface area (Å²) in [5.41, 5.74) is 7.59. The Morgan fingerprint density at radius 1 is 1.15 bits per heavy atom. The van der Waals surface area contributed by atoms with Crippen molar-refractivity contribution in [2.24, 2.45) is 10.7 Å². The van der Waals surface area contributed by atoms with Gasteiger partial charge in [0.2, 0.25) is 0 Å². The maximum atomic E-state index is 12.7. The lowest BCUT2D eigenvalue weighted by atomic mass is 9.99. The van der Waals surface area contributed by atoms with Gasteiger partial charge in [-0.15, -0.1) is 0 Å². The van der Waals surface area contributed by atoms with Gasteiger partial charge in [-0.3, -0.25) is 9.59 Å². The summed E-state index contributed by atoms with van der Waals surface area (Å²) in [6, 6.07) is 6.45. The SMILES string of the molecule is C=C/C=C(\C(=C)C(=C)/C=C\C)C(=O)Nc1ccc(C(N)=NC(=O)CNC(=O)OC(C)(C)C)cc1. The number of rotatable bonds is 9. The molecule has 0 aliphatic heterocycles. The van der Waals surface area contributed by atoms with Crippen LogP contribution in [0.4, 0.5) is 10.5 Å². The lowest BCUT2D eigenvalue weighted by molar-refractivity contribution is -0.117. The number of carbonyl (C=O) groups excluding carboxylic acids is 3. The first kappa shape index (κ1) is 27.8. The minimum Gasteiger partial charge on any atom is -0.444 e. The third-order valence-electron chi connectivity index (χ3n) is 4.08. The zero-order valence-electron chi connectivity index (χ0n) is 20.1. The normalized spacial score (nSPS) is 12.1. The zero-order chi connectivity index (χ0) is 25.9. The van der Waals surface area contributed by atoms with Crippen molar-refractivity contribution in [3.63, 3.8) is 0 Å². The Hall–Kier alpha value is -4.20. The quantitative estimate of drug-likeness (QED) is 0.219. The molecule has 180 valence electrons. The van der Waals surface area contributed by atoms with Crippen molar-refractivity contribution < 1.29 is 19.1 Å². The van der Waals surface area contributed by atoms with Crippen molar-refractivity contribution in [3.8, 4) is 0 Å². The highest BCUT2D eigenvalue weighted by Gasteiger charge is 2.17. The molecule has 0 saturated carbocycles. The number of benzene rings is 1. The predicted octanol–water partition coefficient (Wildman–Crippen LogP) is 4.18. The standard InChI is InChI=1S/C26H32N4O4/c1-8-10-17(3)18(4)21(11-9-2)24(32)29-20-14-12-19(13-15-20)23(27)30-22(31)16-28-25(33)34-26(5,6)7/h8-15H,2-4,16H2,1,5-7H3,(H,28,33)(H,29,32)(H2,27,30,31)/b10-8-,21-11+. The molecule has 8 nitrogen and oxygen atoms in total. The summed E-state index contributed by atoms with van der Waals surface area (Å²) in [5.74, 6) is -1.05. The number of nitrogens with one attached hydrogen (secondary N) is 2. The van der Waals surface area contributed by atoms with E-state index in [0.717, 1.165) is 0 Å². The van der Waals surface area contributed by atoms with Gasteiger partial charge < -0.3 is 21.1 Å². The lowest BCUT2D eigenvalue weighted by Crippen LogP contribution is -2.35. The third kappa shape index (κ3) is 9.52. The van der Waals surface area contributed by atoms with Gasteiger partial charge in [0.05, 0.1) is 0 Å². The van der Waals surface area contributed by atoms with Crippen LogP contribution < -0.4 is 16.4 Å². The number of amides is 3. The predicted molar refractivity (Wildman–Crippen MR) is 136 cm³/mol. The van der Waals surface area contributed by atoms with Crippen molar-refractivity contribution in [2.45, 2.75) is 33.3 Å². The first-order valence-electron chi connectivity index (χ1n) is 10.5. The molecule has 1 rings (SSSR count). The van der Waals surface area contributed by atoms with Crippen LogP contribution in [0.3, 0.4) is 0 Å². The molecular formula is C26H32N4O4. The average molecular weight is 465 g/mol. The molecule has 0 bridgehead atoms. The molecule has 3 amide bonds. The molecule has 0 spiro atoms. The second-order valence-electron chi connectivity index (χ2n) is 8.10. The summed E-state index contributed by atoms with van der Waals surface area (Å²) >= 11 is 0. The fraction of sp³-hybridized carbons (Fsp3) is 0.231. The number of ether oxygens (including phenoxy) is 1. The van der Waals surface area contributed by atoms with Crippen LogP contribution in [0.1, 0.15) is 33.3 Å². The first-order chi connectivity index (χ1) is 15.9. The molecule has 0 fully saturated rings. The van der Waals surface area contributed by atoms with Crippen LogP contribution >= 0.6 is 0 Å². The number of hydrogen-bond donors (Lipinski definition) is 3. The van der Waals surface area contributed by atoms with Gasteiger partial charge in [0.15, 0.2) is 0 Å². The van der Waals surface area contributed by atoms with Crippen LogP contribution in [-0.4, -0.2) is 35.9 Å². The molecule has 1 aromatic rings. The van der Waals surface area contributed by atoms with Gasteiger partial charge in [-0.05, 0) is 69.2 Å². The smallest absolute Gasteiger partial charge is 0.408 e. The van der Waals surface area contributed by atoms with Gasteiger partial charge in [0.1, 0.15) is 18.0 Å². The number of hydrogen-bond acceptors (Lipinski definition) is 4. The van der Waals surface area contributed by atoms with Crippen LogP contribution in [0.2, 0.25) is 0 Å². The van der Waals surface area contributed by atoms with Crippen molar-refractivity contribution in [3.05, 3.63) is 90.6 Å². The minimum atomic E-state index is -0.725. The third-order valence-corrected chi connectivity index (χ3v) is 4.08. The van der Waals surface area contributed by atoms with E-state index in [1.807, 2.05) is 6.92 Å². The maximum Gasteiger partial charge on any atom is 0.408 e. The largest absolute Gasteiger partial charge is 0.444 e. The second kappa shape index (κ2) is 12.7. The Balaban J connectivity index is 2.82. The van der Waals surface area contributed by atoms with Crippen LogP contribution in [0.5, 0.6) is 0 Å². The molecule has 0 aromatic heterocycles. The Labute approximate surface area is 200 Å². The molecule has 0 unspecified atom stereocenters. The molecule has 0 radical (unpaired) electrons. The highest BCUT2D eigenvalue weighted by Crippen LogP contribution is 2.20. The van der Waals surface area contributed by atoms with Gasteiger partial charge in [-0.25, -0.2) is 4.79 Å². The van der Waals surface area contributed by atoms with Crippen LogP contribution in [0, 0.1) is 0 Å². The molecular weight excluding hydrogens is 432 g/mol. The Morgan fingerprint density at radius 3 is 2.29 bits per heavy atom. The van der Waals surface area contributed by atoms with E-state index in [4.69, 9.17) is 10.5 Å². The number of alkyl carbamates (subject to hydrolysis) is 1. The van der Waals surface area contributed by atoms with E-state index in [9.17, 15) is 14.4 Å². The molecule has 34 heavy (non-hydrogen) atoms. The van der Waals surface area contributed by atoms with Crippen molar-refractivity contribution >= 4 is 29.4 Å². The van der Waals surface area contributed by atoms with E-state index in [1.54, 1.807) is 63.3 Å². The fourth-order valence-electron chi connectivity index (χ4n) is 2.53. The molecule has 8 heteroatoms. The summed E-state index contributed by atoms with van der Waals surface area (Å²) < 4.78 is 5.06. The summed E-state index contributed by atoms with van der Waals surface area (Å²) in [7, 11) is 0. The molecule has 1 aromatic carbocycles. The number of aliphatic imine (C=N–C) groups is 1. The van der Waals surface area contributed by atoms with Crippen LogP contribution in [0.15, 0.2) is 90.0 Å². The summed E-state index contributed by atoms with van der Waals surface area (Å²) in [5, 5.41) is 5.09. The Morgan fingerprint density at radius 2 is 1.76 bits per heavy atom. The number of amidine groups is 1. The van der Waals surface area contributed by atoms with E-state index in [0.29, 0.717) is 28.0 Å². The van der Waals surface area contributed by atoms with E-state index < -0.39 is 17.6 Å². The Kier molecular flexibility index (Phi) is 10.4. The van der Waals surface area contributed by atoms with Gasteiger partial charge in [-0.2, -0.15) is 4.99 Å². The molecule has 0 saturated heterocycles. The highest BCUT2D eigenvalue weighted by molar-refractivity contribution is 6.08. The summed E-state index contributed by atoms with van der Waals surface area (Å²) in [6.45, 7) is 18.1. The van der Waals surface area contributed by atoms with E-state index in [1.165, 1.54) is 6.08 Å². The van der Waals surface area contributed by atoms with E-state index in [-0.39, 0.29) is 18.3 Å². The van der Waals surface area contributed by atoms with Crippen molar-refractivity contribution in [2.75, 3.05) is 11.9 Å². The molecule has 0 atom stereocenters. The number of carbonyl (C=O) groups is 3. The summed E-state index contributed by atoms with van der Waals surface area (Å²) in [6.07, 6.45) is 5.89. The van der Waals surface area contributed by atoms with Crippen LogP contribution in [0.25, 0.3) is 0 Å². The molecule has 4 N–H and O–H groups in total. The van der Waals surface area contributed by atoms with E-state index >= 15 is 0 Å². The van der Waals surface area contributed by atoms with Crippen LogP contribution in [-0.2, 0) is 14.3 Å². The molecule has 0 aliphatic rings. The average Bonchev–Trinajstić information content (AvgIpc) is 2.75. The lowest BCUT2D eigenvalue weighted by Gasteiger charge is -2.19. The van der Waals surface area contributed by atoms with Gasteiger partial charge in [0.25, 0.3) is 11.8 Å². The van der Waals surface area contributed by atoms with Crippen molar-refractivity contribution in [1.29, 1.82) is 0 Å². The highest BCUT2D eigenvalue weighted by atomic mass is 16.6. The number of nitrogens with zero attached hydrogens (tertiary/aromatic N) is 1. The monoisotopic (exact) mass is 464 g/mol. The number of anilines is 1.